The van der Waals surface area contributed by atoms with Crippen molar-refractivity contribution < 1.29 is 9.53 Å². The summed E-state index contributed by atoms with van der Waals surface area (Å²) in [6, 6.07) is 19.5. The summed E-state index contributed by atoms with van der Waals surface area (Å²) in [5.41, 5.74) is 1.90. The minimum absolute atomic E-state index is 0.178. The Morgan fingerprint density at radius 2 is 1.65 bits per heavy atom. The van der Waals surface area contributed by atoms with Gasteiger partial charge in [0, 0.05) is 5.56 Å². The van der Waals surface area contributed by atoms with Gasteiger partial charge in [-0.3, -0.25) is 10.1 Å². The van der Waals surface area contributed by atoms with Crippen LogP contribution in [0.1, 0.15) is 17.2 Å². The molecular weight excluding hydrogens is 252 g/mol. The molecule has 0 bridgehead atoms. The molecule has 0 radical (unpaired) electrons. The molecule has 2 aromatic rings. The number of aliphatic imine (C=N–C) groups is 1. The summed E-state index contributed by atoms with van der Waals surface area (Å²) in [4.78, 5) is 16.2. The molecule has 4 heteroatoms. The highest BCUT2D eigenvalue weighted by molar-refractivity contribution is 6.02. The number of carbonyl (C=O) groups is 1. The first kappa shape index (κ1) is 12.4. The number of carbonyl (C=O) groups excluding carboxylic acids is 1. The van der Waals surface area contributed by atoms with Crippen LogP contribution in [0.4, 0.5) is 0 Å². The van der Waals surface area contributed by atoms with Gasteiger partial charge in [-0.25, -0.2) is 4.99 Å². The van der Waals surface area contributed by atoms with Crippen LogP contribution in [0.15, 0.2) is 65.7 Å². The summed E-state index contributed by atoms with van der Waals surface area (Å²) in [5, 5.41) is 2.66. The number of nitrogens with zero attached hydrogens (tertiary/aromatic N) is 1. The fourth-order valence-electron chi connectivity index (χ4n) is 2.04. The highest BCUT2D eigenvalue weighted by Crippen LogP contribution is 2.21. The molecule has 0 spiro atoms. The number of nitrogens with one attached hydrogen (secondary N) is 1. The molecule has 20 heavy (non-hydrogen) atoms. The molecule has 100 valence electrons. The van der Waals surface area contributed by atoms with E-state index in [9.17, 15) is 4.79 Å². The Kier molecular flexibility index (Phi) is 3.46. The van der Waals surface area contributed by atoms with Gasteiger partial charge in [0.25, 0.3) is 11.9 Å². The normalized spacial score (nSPS) is 19.7. The van der Waals surface area contributed by atoms with Crippen LogP contribution in [0.5, 0.6) is 0 Å². The van der Waals surface area contributed by atoms with Crippen molar-refractivity contribution in [1.29, 1.82) is 0 Å². The van der Waals surface area contributed by atoms with Gasteiger partial charge in [-0.15, -0.1) is 0 Å². The van der Waals surface area contributed by atoms with Gasteiger partial charge in [-0.2, -0.15) is 0 Å². The summed E-state index contributed by atoms with van der Waals surface area (Å²) in [6.45, 7) is 0.484. The van der Waals surface area contributed by atoms with Crippen molar-refractivity contribution in [3.05, 3.63) is 71.8 Å². The molecule has 2 aromatic carbocycles. The van der Waals surface area contributed by atoms with Crippen LogP contribution in [0.3, 0.4) is 0 Å². The number of ether oxygens (including phenoxy) is 1. The van der Waals surface area contributed by atoms with E-state index < -0.39 is 6.10 Å². The van der Waals surface area contributed by atoms with Gasteiger partial charge in [-0.1, -0.05) is 60.7 Å². The number of benzene rings is 2. The van der Waals surface area contributed by atoms with Crippen molar-refractivity contribution in [3.63, 3.8) is 0 Å². The first-order chi connectivity index (χ1) is 9.83. The van der Waals surface area contributed by atoms with Crippen molar-refractivity contribution in [2.45, 2.75) is 12.6 Å². The summed E-state index contributed by atoms with van der Waals surface area (Å²) in [6.07, 6.45) is -0.606. The third kappa shape index (κ3) is 2.69. The zero-order valence-corrected chi connectivity index (χ0v) is 10.8. The predicted molar refractivity (Wildman–Crippen MR) is 76.0 cm³/mol. The third-order valence-electron chi connectivity index (χ3n) is 3.05. The second-order valence-corrected chi connectivity index (χ2v) is 4.50. The van der Waals surface area contributed by atoms with Gasteiger partial charge in [-0.05, 0) is 5.56 Å². The average molecular weight is 266 g/mol. The number of hydrogen-bond donors (Lipinski definition) is 1. The predicted octanol–water partition coefficient (Wildman–Crippen LogP) is 2.43. The fourth-order valence-corrected chi connectivity index (χ4v) is 2.04. The van der Waals surface area contributed by atoms with Crippen LogP contribution < -0.4 is 5.32 Å². The highest BCUT2D eigenvalue weighted by atomic mass is 16.5. The SMILES string of the molecule is O=C1NC(=NCc2ccccc2)OC1c1ccccc1. The lowest BCUT2D eigenvalue weighted by molar-refractivity contribution is -0.123. The molecule has 0 saturated carbocycles. The molecule has 1 N–H and O–H groups in total. The molecule has 1 saturated heterocycles. The van der Waals surface area contributed by atoms with Crippen molar-refractivity contribution in [1.82, 2.24) is 5.32 Å². The second kappa shape index (κ2) is 5.57. The summed E-state index contributed by atoms with van der Waals surface area (Å²) in [7, 11) is 0. The van der Waals surface area contributed by atoms with Crippen LogP contribution in [0.2, 0.25) is 0 Å². The van der Waals surface area contributed by atoms with Crippen molar-refractivity contribution >= 4 is 11.9 Å². The Morgan fingerprint density at radius 1 is 1.00 bits per heavy atom. The second-order valence-electron chi connectivity index (χ2n) is 4.50. The lowest BCUT2D eigenvalue weighted by Crippen LogP contribution is -2.22. The standard InChI is InChI=1S/C16H14N2O2/c19-15-14(13-9-5-2-6-10-13)20-16(18-15)17-11-12-7-3-1-4-8-12/h1-10,14H,11H2,(H,17,18,19). The molecule has 1 heterocycles. The van der Waals surface area contributed by atoms with E-state index in [0.29, 0.717) is 6.54 Å². The first-order valence-electron chi connectivity index (χ1n) is 6.44. The zero-order chi connectivity index (χ0) is 13.8. The number of hydrogen-bond acceptors (Lipinski definition) is 3. The maximum atomic E-state index is 11.9. The van der Waals surface area contributed by atoms with Crippen LogP contribution >= 0.6 is 0 Å². The Bertz CT molecular complexity index is 623. The molecule has 1 atom stereocenters. The molecule has 3 rings (SSSR count). The molecule has 1 amide bonds. The van der Waals surface area contributed by atoms with Gasteiger partial charge < -0.3 is 4.74 Å². The van der Waals surface area contributed by atoms with E-state index in [1.807, 2.05) is 60.7 Å². The van der Waals surface area contributed by atoms with Gasteiger partial charge in [0.2, 0.25) is 6.10 Å². The van der Waals surface area contributed by atoms with E-state index in [1.54, 1.807) is 0 Å². The van der Waals surface area contributed by atoms with Crippen LogP contribution in [0.25, 0.3) is 0 Å². The zero-order valence-electron chi connectivity index (χ0n) is 10.8. The van der Waals surface area contributed by atoms with Crippen molar-refractivity contribution in [2.75, 3.05) is 0 Å². The summed E-state index contributed by atoms with van der Waals surface area (Å²) >= 11 is 0. The van der Waals surface area contributed by atoms with Gasteiger partial charge in [0.15, 0.2) is 0 Å². The molecule has 0 aromatic heterocycles. The van der Waals surface area contributed by atoms with Crippen molar-refractivity contribution in [2.24, 2.45) is 4.99 Å². The first-order valence-corrected chi connectivity index (χ1v) is 6.44. The largest absolute Gasteiger partial charge is 0.447 e. The van der Waals surface area contributed by atoms with E-state index >= 15 is 0 Å². The Balaban J connectivity index is 1.71. The maximum absolute atomic E-state index is 11.9. The molecular formula is C16H14N2O2. The number of rotatable bonds is 3. The van der Waals surface area contributed by atoms with Gasteiger partial charge in [0.05, 0.1) is 6.54 Å². The number of amidine groups is 1. The van der Waals surface area contributed by atoms with Crippen LogP contribution in [0, 0.1) is 0 Å². The molecule has 1 aliphatic heterocycles. The average Bonchev–Trinajstić information content (AvgIpc) is 2.88. The molecule has 4 nitrogen and oxygen atoms in total. The molecule has 1 fully saturated rings. The third-order valence-corrected chi connectivity index (χ3v) is 3.05. The van der Waals surface area contributed by atoms with Crippen LogP contribution in [-0.2, 0) is 16.1 Å². The lowest BCUT2D eigenvalue weighted by atomic mass is 10.1. The topological polar surface area (TPSA) is 50.7 Å². The monoisotopic (exact) mass is 266 g/mol. The van der Waals surface area contributed by atoms with E-state index in [2.05, 4.69) is 10.3 Å². The minimum atomic E-state index is -0.606. The lowest BCUT2D eigenvalue weighted by Gasteiger charge is -2.06. The summed E-state index contributed by atoms with van der Waals surface area (Å²) < 4.78 is 5.57. The number of amides is 1. The Labute approximate surface area is 117 Å². The molecule has 1 aliphatic rings. The van der Waals surface area contributed by atoms with E-state index in [4.69, 9.17) is 4.74 Å². The fraction of sp³-hybridized carbons (Fsp3) is 0.125. The smallest absolute Gasteiger partial charge is 0.293 e. The van der Waals surface area contributed by atoms with Gasteiger partial charge >= 0.3 is 0 Å². The van der Waals surface area contributed by atoms with E-state index in [1.165, 1.54) is 0 Å². The summed E-state index contributed by atoms with van der Waals surface area (Å²) in [5.74, 6) is -0.178. The molecule has 0 aliphatic carbocycles. The Morgan fingerprint density at radius 3 is 2.35 bits per heavy atom. The van der Waals surface area contributed by atoms with Crippen molar-refractivity contribution in [3.8, 4) is 0 Å². The Hall–Kier alpha value is -2.62. The minimum Gasteiger partial charge on any atom is -0.447 e. The van der Waals surface area contributed by atoms with Gasteiger partial charge in [0.1, 0.15) is 0 Å². The quantitative estimate of drug-likeness (QED) is 0.927. The van der Waals surface area contributed by atoms with Crippen LogP contribution in [-0.4, -0.2) is 11.9 Å². The van der Waals surface area contributed by atoms with E-state index in [0.717, 1.165) is 11.1 Å². The highest BCUT2D eigenvalue weighted by Gasteiger charge is 2.31. The van der Waals surface area contributed by atoms with E-state index in [-0.39, 0.29) is 11.9 Å². The molecule has 1 unspecified atom stereocenters. The maximum Gasteiger partial charge on any atom is 0.293 e.